The van der Waals surface area contributed by atoms with E-state index in [0.29, 0.717) is 6.04 Å². The largest absolute Gasteiger partial charge is 0.272 e. The average Bonchev–Trinajstić information content (AvgIpc) is 2.88. The lowest BCUT2D eigenvalue weighted by atomic mass is 10.1. The Kier molecular flexibility index (Phi) is 4.31. The van der Waals surface area contributed by atoms with Gasteiger partial charge in [0, 0.05) is 6.04 Å². The molecule has 0 unspecified atom stereocenters. The van der Waals surface area contributed by atoms with E-state index in [1.54, 1.807) is 17.3 Å². The van der Waals surface area contributed by atoms with Gasteiger partial charge in [0.05, 0.1) is 18.9 Å². The summed E-state index contributed by atoms with van der Waals surface area (Å²) in [7, 11) is 0. The molecule has 1 saturated carbocycles. The van der Waals surface area contributed by atoms with Crippen molar-refractivity contribution in [1.29, 1.82) is 0 Å². The summed E-state index contributed by atoms with van der Waals surface area (Å²) in [5.41, 5.74) is 1.31. The third kappa shape index (κ3) is 3.18. The molecule has 1 fully saturated rings. The molecule has 0 aliphatic heterocycles. The Hall–Kier alpha value is -1.84. The lowest BCUT2D eigenvalue weighted by Crippen LogP contribution is -2.44. The van der Waals surface area contributed by atoms with Gasteiger partial charge in [-0.3, -0.25) is 5.01 Å². The summed E-state index contributed by atoms with van der Waals surface area (Å²) < 4.78 is 0. The highest BCUT2D eigenvalue weighted by atomic mass is 15.8. The van der Waals surface area contributed by atoms with Crippen molar-refractivity contribution in [2.24, 2.45) is 0 Å². The molecule has 3 rings (SSSR count). The molecule has 4 heteroatoms. The van der Waals surface area contributed by atoms with Gasteiger partial charge in [-0.05, 0) is 18.4 Å². The van der Waals surface area contributed by atoms with Crippen LogP contribution < -0.4 is 5.01 Å². The molecule has 1 aliphatic rings. The molecule has 106 valence electrons. The molecule has 1 aromatic carbocycles. The van der Waals surface area contributed by atoms with Gasteiger partial charge in [0.15, 0.2) is 0 Å². The van der Waals surface area contributed by atoms with E-state index in [1.807, 2.05) is 0 Å². The molecule has 2 aromatic rings. The number of hydrogen-bond acceptors (Lipinski definition) is 3. The summed E-state index contributed by atoms with van der Waals surface area (Å²) >= 11 is 0. The Balaban J connectivity index is 1.80. The van der Waals surface area contributed by atoms with Crippen molar-refractivity contribution >= 4 is 0 Å². The zero-order valence-corrected chi connectivity index (χ0v) is 11.9. The van der Waals surface area contributed by atoms with Crippen molar-refractivity contribution in [2.45, 2.75) is 51.1 Å². The first-order chi connectivity index (χ1) is 9.93. The fraction of sp³-hybridized carbons (Fsp3) is 0.500. The molecular weight excluding hydrogens is 248 g/mol. The maximum atomic E-state index is 4.35. The molecule has 0 radical (unpaired) electrons. The van der Waals surface area contributed by atoms with E-state index in [4.69, 9.17) is 0 Å². The SMILES string of the molecule is c1ccc(CN(C2CCCCCC2)n2nccn2)cc1. The molecule has 0 saturated heterocycles. The van der Waals surface area contributed by atoms with Crippen molar-refractivity contribution in [3.63, 3.8) is 0 Å². The van der Waals surface area contributed by atoms with Crippen LogP contribution >= 0.6 is 0 Å². The minimum atomic E-state index is 0.546. The van der Waals surface area contributed by atoms with Gasteiger partial charge in [-0.15, -0.1) is 10.2 Å². The predicted octanol–water partition coefficient (Wildman–Crippen LogP) is 3.14. The van der Waals surface area contributed by atoms with Crippen LogP contribution in [0.5, 0.6) is 0 Å². The zero-order chi connectivity index (χ0) is 13.6. The molecule has 1 aliphatic carbocycles. The zero-order valence-electron chi connectivity index (χ0n) is 11.9. The van der Waals surface area contributed by atoms with Crippen molar-refractivity contribution in [3.8, 4) is 0 Å². The second kappa shape index (κ2) is 6.55. The molecule has 4 nitrogen and oxygen atoms in total. The fourth-order valence-corrected chi connectivity index (χ4v) is 3.01. The number of hydrogen-bond donors (Lipinski definition) is 0. The van der Waals surface area contributed by atoms with Gasteiger partial charge in [0.25, 0.3) is 0 Å². The molecule has 0 N–H and O–H groups in total. The topological polar surface area (TPSA) is 34.0 Å². The lowest BCUT2D eigenvalue weighted by molar-refractivity contribution is 0.369. The summed E-state index contributed by atoms with van der Waals surface area (Å²) in [6, 6.07) is 11.1. The highest BCUT2D eigenvalue weighted by molar-refractivity contribution is 5.17. The average molecular weight is 270 g/mol. The monoisotopic (exact) mass is 270 g/mol. The Morgan fingerprint density at radius 2 is 1.60 bits per heavy atom. The first kappa shape index (κ1) is 13.2. The second-order valence-electron chi connectivity index (χ2n) is 5.53. The van der Waals surface area contributed by atoms with Crippen LogP contribution in [0.4, 0.5) is 0 Å². The van der Waals surface area contributed by atoms with Crippen molar-refractivity contribution in [3.05, 3.63) is 48.3 Å². The Morgan fingerprint density at radius 1 is 0.950 bits per heavy atom. The van der Waals surface area contributed by atoms with Crippen LogP contribution in [0.25, 0.3) is 0 Å². The fourth-order valence-electron chi connectivity index (χ4n) is 3.01. The summed E-state index contributed by atoms with van der Waals surface area (Å²) in [6.45, 7) is 0.875. The van der Waals surface area contributed by atoms with E-state index in [2.05, 4.69) is 45.5 Å². The van der Waals surface area contributed by atoms with Crippen molar-refractivity contribution in [1.82, 2.24) is 15.1 Å². The van der Waals surface area contributed by atoms with Crippen LogP contribution in [0.3, 0.4) is 0 Å². The van der Waals surface area contributed by atoms with E-state index in [-0.39, 0.29) is 0 Å². The number of benzene rings is 1. The van der Waals surface area contributed by atoms with E-state index < -0.39 is 0 Å². The van der Waals surface area contributed by atoms with Crippen LogP contribution in [-0.4, -0.2) is 21.1 Å². The smallest absolute Gasteiger partial charge is 0.0714 e. The normalized spacial score (nSPS) is 16.8. The van der Waals surface area contributed by atoms with E-state index in [0.717, 1.165) is 6.54 Å². The molecule has 1 heterocycles. The Labute approximate surface area is 120 Å². The van der Waals surface area contributed by atoms with E-state index in [1.165, 1.54) is 44.1 Å². The highest BCUT2D eigenvalue weighted by Gasteiger charge is 2.21. The summed E-state index contributed by atoms with van der Waals surface area (Å²) in [5, 5.41) is 11.0. The van der Waals surface area contributed by atoms with Gasteiger partial charge >= 0.3 is 0 Å². The standard InChI is InChI=1S/C16H22N4/c1-2-7-11-16(10-6-1)19(20-17-12-13-18-20)14-15-8-4-3-5-9-15/h3-5,8-9,12-13,16H,1-2,6-7,10-11,14H2. The van der Waals surface area contributed by atoms with Crippen LogP contribution in [0.1, 0.15) is 44.1 Å². The number of aromatic nitrogens is 3. The molecular formula is C16H22N4. The van der Waals surface area contributed by atoms with Crippen LogP contribution in [0.2, 0.25) is 0 Å². The number of nitrogens with zero attached hydrogens (tertiary/aromatic N) is 4. The van der Waals surface area contributed by atoms with Gasteiger partial charge in [0.2, 0.25) is 0 Å². The predicted molar refractivity (Wildman–Crippen MR) is 79.9 cm³/mol. The van der Waals surface area contributed by atoms with Crippen LogP contribution in [0.15, 0.2) is 42.7 Å². The van der Waals surface area contributed by atoms with Crippen molar-refractivity contribution < 1.29 is 0 Å². The molecule has 1 aromatic heterocycles. The van der Waals surface area contributed by atoms with Gasteiger partial charge in [0.1, 0.15) is 0 Å². The quantitative estimate of drug-likeness (QED) is 0.800. The number of rotatable bonds is 4. The highest BCUT2D eigenvalue weighted by Crippen LogP contribution is 2.22. The maximum Gasteiger partial charge on any atom is 0.0714 e. The summed E-state index contributed by atoms with van der Waals surface area (Å²) in [6.07, 6.45) is 11.4. The molecule has 0 spiro atoms. The molecule has 0 amide bonds. The summed E-state index contributed by atoms with van der Waals surface area (Å²) in [5.74, 6) is 0. The minimum absolute atomic E-state index is 0.546. The van der Waals surface area contributed by atoms with Gasteiger partial charge in [-0.25, -0.2) is 0 Å². The third-order valence-electron chi connectivity index (χ3n) is 4.07. The first-order valence-corrected chi connectivity index (χ1v) is 7.60. The Morgan fingerprint density at radius 3 is 2.25 bits per heavy atom. The molecule has 20 heavy (non-hydrogen) atoms. The summed E-state index contributed by atoms with van der Waals surface area (Å²) in [4.78, 5) is 1.78. The first-order valence-electron chi connectivity index (χ1n) is 7.60. The Bertz CT molecular complexity index is 486. The van der Waals surface area contributed by atoms with Crippen LogP contribution in [0, 0.1) is 0 Å². The van der Waals surface area contributed by atoms with E-state index in [9.17, 15) is 0 Å². The lowest BCUT2D eigenvalue weighted by Gasteiger charge is -2.31. The minimum Gasteiger partial charge on any atom is -0.272 e. The maximum absolute atomic E-state index is 4.35. The molecule has 0 atom stereocenters. The van der Waals surface area contributed by atoms with Gasteiger partial charge < -0.3 is 0 Å². The van der Waals surface area contributed by atoms with Crippen LogP contribution in [-0.2, 0) is 6.54 Å². The molecule has 0 bridgehead atoms. The van der Waals surface area contributed by atoms with Gasteiger partial charge in [-0.1, -0.05) is 60.9 Å². The van der Waals surface area contributed by atoms with E-state index >= 15 is 0 Å². The second-order valence-corrected chi connectivity index (χ2v) is 5.53. The van der Waals surface area contributed by atoms with Gasteiger partial charge in [-0.2, -0.15) is 0 Å². The van der Waals surface area contributed by atoms with Crippen molar-refractivity contribution in [2.75, 3.05) is 5.01 Å². The third-order valence-corrected chi connectivity index (χ3v) is 4.07.